The number of rotatable bonds is 7. The first-order valence-electron chi connectivity index (χ1n) is 9.81. The van der Waals surface area contributed by atoms with Crippen molar-refractivity contribution in [3.8, 4) is 22.4 Å². The Bertz CT molecular complexity index is 1090. The zero-order valence-corrected chi connectivity index (χ0v) is 17.0. The minimum Gasteiger partial charge on any atom is -0.355 e. The molecule has 154 valence electrons. The molecule has 1 aromatic heterocycles. The molecule has 0 atom stereocenters. The molecule has 0 radical (unpaired) electrons. The largest absolute Gasteiger partial charge is 0.355 e. The van der Waals surface area contributed by atoms with E-state index in [0.29, 0.717) is 17.8 Å². The number of hydrogen-bond acceptors (Lipinski definition) is 4. The standard InChI is InChI=1S/C23H24N4O3/c1-3-27-23(30)20(22(29)25-15-14-24-16(2)28)19(17-10-6-4-7-11-17)21(26-27)18-12-8-5-9-13-18/h4-13H,3,14-15H2,1-2H3,(H,24,28)(H,25,29). The third-order valence-corrected chi connectivity index (χ3v) is 4.58. The molecule has 0 saturated heterocycles. The fourth-order valence-corrected chi connectivity index (χ4v) is 3.18. The maximum absolute atomic E-state index is 13.1. The van der Waals surface area contributed by atoms with Crippen molar-refractivity contribution in [2.24, 2.45) is 0 Å². The van der Waals surface area contributed by atoms with Crippen molar-refractivity contribution >= 4 is 11.8 Å². The summed E-state index contributed by atoms with van der Waals surface area (Å²) in [5, 5.41) is 9.93. The molecule has 30 heavy (non-hydrogen) atoms. The minimum atomic E-state index is -0.494. The van der Waals surface area contributed by atoms with E-state index in [-0.39, 0.29) is 24.6 Å². The Morgan fingerprint density at radius 1 is 0.900 bits per heavy atom. The number of carbonyl (C=O) groups is 2. The van der Waals surface area contributed by atoms with Crippen LogP contribution in [0.25, 0.3) is 22.4 Å². The number of aromatic nitrogens is 2. The van der Waals surface area contributed by atoms with Crippen LogP contribution in [0.4, 0.5) is 0 Å². The second-order valence-corrected chi connectivity index (χ2v) is 6.69. The number of carbonyl (C=O) groups excluding carboxylic acids is 2. The average molecular weight is 404 g/mol. The summed E-state index contributed by atoms with van der Waals surface area (Å²) in [6.45, 7) is 4.04. The number of benzene rings is 2. The fourth-order valence-electron chi connectivity index (χ4n) is 3.18. The van der Waals surface area contributed by atoms with Gasteiger partial charge in [0.2, 0.25) is 5.91 Å². The van der Waals surface area contributed by atoms with Gasteiger partial charge in [-0.25, -0.2) is 4.68 Å². The molecular weight excluding hydrogens is 380 g/mol. The molecule has 0 aliphatic heterocycles. The van der Waals surface area contributed by atoms with Crippen LogP contribution in [-0.4, -0.2) is 34.7 Å². The Balaban J connectivity index is 2.17. The van der Waals surface area contributed by atoms with E-state index < -0.39 is 11.5 Å². The summed E-state index contributed by atoms with van der Waals surface area (Å²) < 4.78 is 1.30. The van der Waals surface area contributed by atoms with Crippen LogP contribution in [0.15, 0.2) is 65.5 Å². The second-order valence-electron chi connectivity index (χ2n) is 6.69. The Morgan fingerprint density at radius 2 is 1.47 bits per heavy atom. The Morgan fingerprint density at radius 3 is 2.03 bits per heavy atom. The smallest absolute Gasteiger partial charge is 0.280 e. The Hall–Kier alpha value is -3.74. The maximum atomic E-state index is 13.1. The highest BCUT2D eigenvalue weighted by atomic mass is 16.2. The van der Waals surface area contributed by atoms with Crippen LogP contribution in [0.1, 0.15) is 24.2 Å². The van der Waals surface area contributed by atoms with Crippen LogP contribution in [-0.2, 0) is 11.3 Å². The van der Waals surface area contributed by atoms with Gasteiger partial charge in [0.15, 0.2) is 0 Å². The SMILES string of the molecule is CCn1nc(-c2ccccc2)c(-c2ccccc2)c(C(=O)NCCNC(C)=O)c1=O. The molecule has 0 unspecified atom stereocenters. The summed E-state index contributed by atoms with van der Waals surface area (Å²) >= 11 is 0. The number of hydrogen-bond donors (Lipinski definition) is 2. The van der Waals surface area contributed by atoms with Crippen LogP contribution in [0.2, 0.25) is 0 Å². The normalized spacial score (nSPS) is 10.5. The van der Waals surface area contributed by atoms with Gasteiger partial charge in [0.25, 0.3) is 11.5 Å². The van der Waals surface area contributed by atoms with Crippen molar-refractivity contribution in [3.05, 3.63) is 76.6 Å². The van der Waals surface area contributed by atoms with Gasteiger partial charge in [0.1, 0.15) is 5.56 Å². The van der Waals surface area contributed by atoms with Gasteiger partial charge in [0.05, 0.1) is 5.69 Å². The first kappa shape index (κ1) is 21.0. The minimum absolute atomic E-state index is 0.0414. The van der Waals surface area contributed by atoms with Crippen molar-refractivity contribution in [1.82, 2.24) is 20.4 Å². The molecule has 3 aromatic rings. The van der Waals surface area contributed by atoms with Crippen LogP contribution >= 0.6 is 0 Å². The quantitative estimate of drug-likeness (QED) is 0.592. The van der Waals surface area contributed by atoms with E-state index in [2.05, 4.69) is 15.7 Å². The molecular formula is C23H24N4O3. The molecule has 1 heterocycles. The molecule has 0 spiro atoms. The molecule has 2 amide bonds. The summed E-state index contributed by atoms with van der Waals surface area (Å²) in [5.74, 6) is -0.677. The van der Waals surface area contributed by atoms with Gasteiger partial charge >= 0.3 is 0 Å². The lowest BCUT2D eigenvalue weighted by Gasteiger charge is -2.17. The Labute approximate surface area is 174 Å². The van der Waals surface area contributed by atoms with E-state index in [1.165, 1.54) is 11.6 Å². The monoisotopic (exact) mass is 404 g/mol. The summed E-state index contributed by atoms with van der Waals surface area (Å²) in [5.41, 5.74) is 2.19. The highest BCUT2D eigenvalue weighted by Crippen LogP contribution is 2.31. The van der Waals surface area contributed by atoms with Crippen LogP contribution in [0.3, 0.4) is 0 Å². The lowest BCUT2D eigenvalue weighted by molar-refractivity contribution is -0.118. The highest BCUT2D eigenvalue weighted by Gasteiger charge is 2.24. The molecule has 0 aliphatic rings. The molecule has 2 N–H and O–H groups in total. The van der Waals surface area contributed by atoms with Crippen molar-refractivity contribution in [2.45, 2.75) is 20.4 Å². The lowest BCUT2D eigenvalue weighted by atomic mass is 9.95. The molecule has 0 bridgehead atoms. The van der Waals surface area contributed by atoms with Gasteiger partial charge in [-0.15, -0.1) is 0 Å². The zero-order chi connectivity index (χ0) is 21.5. The van der Waals surface area contributed by atoms with Crippen molar-refractivity contribution < 1.29 is 9.59 Å². The first-order chi connectivity index (χ1) is 14.5. The van der Waals surface area contributed by atoms with E-state index in [1.807, 2.05) is 67.6 Å². The van der Waals surface area contributed by atoms with Crippen molar-refractivity contribution in [2.75, 3.05) is 13.1 Å². The van der Waals surface area contributed by atoms with E-state index in [9.17, 15) is 14.4 Å². The summed E-state index contributed by atoms with van der Waals surface area (Å²) in [7, 11) is 0. The van der Waals surface area contributed by atoms with Gasteiger partial charge in [-0.1, -0.05) is 60.7 Å². The third kappa shape index (κ3) is 4.63. The molecule has 7 nitrogen and oxygen atoms in total. The number of aryl methyl sites for hydroxylation is 1. The van der Waals surface area contributed by atoms with Gasteiger partial charge in [0, 0.05) is 37.7 Å². The number of nitrogens with one attached hydrogen (secondary N) is 2. The van der Waals surface area contributed by atoms with E-state index in [1.54, 1.807) is 0 Å². The van der Waals surface area contributed by atoms with E-state index in [0.717, 1.165) is 11.1 Å². The zero-order valence-electron chi connectivity index (χ0n) is 17.0. The highest BCUT2D eigenvalue weighted by molar-refractivity contribution is 6.03. The predicted molar refractivity (Wildman–Crippen MR) is 116 cm³/mol. The number of nitrogens with zero attached hydrogens (tertiary/aromatic N) is 2. The van der Waals surface area contributed by atoms with Gasteiger partial charge in [-0.05, 0) is 12.5 Å². The summed E-state index contributed by atoms with van der Waals surface area (Å²) in [6.07, 6.45) is 0. The van der Waals surface area contributed by atoms with E-state index >= 15 is 0 Å². The Kier molecular flexibility index (Phi) is 6.75. The third-order valence-electron chi connectivity index (χ3n) is 4.58. The molecule has 7 heteroatoms. The molecule has 2 aromatic carbocycles. The van der Waals surface area contributed by atoms with Crippen LogP contribution in [0.5, 0.6) is 0 Å². The fraction of sp³-hybridized carbons (Fsp3) is 0.217. The molecule has 0 saturated carbocycles. The first-order valence-corrected chi connectivity index (χ1v) is 9.81. The predicted octanol–water partition coefficient (Wildman–Crippen LogP) is 2.46. The number of amides is 2. The van der Waals surface area contributed by atoms with Crippen LogP contribution in [0, 0.1) is 0 Å². The summed E-state index contributed by atoms with van der Waals surface area (Å²) in [4.78, 5) is 37.3. The molecule has 3 rings (SSSR count). The molecule has 0 fully saturated rings. The van der Waals surface area contributed by atoms with Crippen molar-refractivity contribution in [3.63, 3.8) is 0 Å². The van der Waals surface area contributed by atoms with Crippen molar-refractivity contribution in [1.29, 1.82) is 0 Å². The van der Waals surface area contributed by atoms with Gasteiger partial charge in [-0.2, -0.15) is 5.10 Å². The summed E-state index contributed by atoms with van der Waals surface area (Å²) in [6, 6.07) is 18.8. The lowest BCUT2D eigenvalue weighted by Crippen LogP contribution is -2.38. The van der Waals surface area contributed by atoms with E-state index in [4.69, 9.17) is 0 Å². The second kappa shape index (κ2) is 9.65. The maximum Gasteiger partial charge on any atom is 0.280 e. The topological polar surface area (TPSA) is 93.1 Å². The average Bonchev–Trinajstić information content (AvgIpc) is 2.77. The van der Waals surface area contributed by atoms with Gasteiger partial charge < -0.3 is 10.6 Å². The van der Waals surface area contributed by atoms with Crippen LogP contribution < -0.4 is 16.2 Å². The molecule has 0 aliphatic carbocycles. The van der Waals surface area contributed by atoms with Gasteiger partial charge in [-0.3, -0.25) is 14.4 Å².